The van der Waals surface area contributed by atoms with E-state index in [9.17, 15) is 4.79 Å². The van der Waals surface area contributed by atoms with Gasteiger partial charge in [0.25, 0.3) is 5.91 Å². The van der Waals surface area contributed by atoms with Crippen molar-refractivity contribution in [2.24, 2.45) is 0 Å². The number of nitrogens with one attached hydrogen (secondary N) is 2. The van der Waals surface area contributed by atoms with E-state index in [4.69, 9.17) is 4.74 Å². The van der Waals surface area contributed by atoms with Gasteiger partial charge in [-0.3, -0.25) is 9.78 Å². The lowest BCUT2D eigenvalue weighted by molar-refractivity contribution is 0.0857. The average Bonchev–Trinajstić information content (AvgIpc) is 3.07. The predicted octanol–water partition coefficient (Wildman–Crippen LogP) is 1.46. The van der Waals surface area contributed by atoms with E-state index in [1.807, 2.05) is 12.1 Å². The first kappa shape index (κ1) is 14.5. The van der Waals surface area contributed by atoms with Crippen molar-refractivity contribution in [3.63, 3.8) is 0 Å². The van der Waals surface area contributed by atoms with Crippen molar-refractivity contribution in [1.82, 2.24) is 15.6 Å². The van der Waals surface area contributed by atoms with Gasteiger partial charge in [0.15, 0.2) is 0 Å². The molecule has 2 fully saturated rings. The SMILES string of the molecule is O=C(NC[C@H]1CCCO1)c1ccc(C2CCNCC2)nc1. The highest BCUT2D eigenvalue weighted by molar-refractivity contribution is 5.93. The van der Waals surface area contributed by atoms with Crippen molar-refractivity contribution in [3.05, 3.63) is 29.6 Å². The quantitative estimate of drug-likeness (QED) is 0.881. The molecule has 1 atom stereocenters. The number of rotatable bonds is 4. The molecule has 2 N–H and O–H groups in total. The zero-order valence-corrected chi connectivity index (χ0v) is 12.3. The van der Waals surface area contributed by atoms with Crippen molar-refractivity contribution in [2.75, 3.05) is 26.2 Å². The number of amides is 1. The molecule has 5 heteroatoms. The molecule has 0 unspecified atom stereocenters. The summed E-state index contributed by atoms with van der Waals surface area (Å²) in [6.07, 6.45) is 6.24. The number of hydrogen-bond acceptors (Lipinski definition) is 4. The summed E-state index contributed by atoms with van der Waals surface area (Å²) < 4.78 is 5.50. The van der Waals surface area contributed by atoms with Gasteiger partial charge in [-0.05, 0) is 50.9 Å². The van der Waals surface area contributed by atoms with Crippen LogP contribution in [-0.2, 0) is 4.74 Å². The molecule has 0 aromatic carbocycles. The molecule has 0 bridgehead atoms. The summed E-state index contributed by atoms with van der Waals surface area (Å²) in [5.41, 5.74) is 1.73. The first-order valence-electron chi connectivity index (χ1n) is 7.89. The molecule has 0 aliphatic carbocycles. The third kappa shape index (κ3) is 3.80. The van der Waals surface area contributed by atoms with Crippen molar-refractivity contribution in [2.45, 2.75) is 37.7 Å². The first-order valence-corrected chi connectivity index (χ1v) is 7.89. The number of piperidine rings is 1. The Kier molecular flexibility index (Phi) is 4.83. The van der Waals surface area contributed by atoms with E-state index in [0.29, 0.717) is 18.0 Å². The van der Waals surface area contributed by atoms with Crippen molar-refractivity contribution >= 4 is 5.91 Å². The van der Waals surface area contributed by atoms with Crippen LogP contribution in [0.1, 0.15) is 47.7 Å². The Balaban J connectivity index is 1.54. The second kappa shape index (κ2) is 7.00. The number of nitrogens with zero attached hydrogens (tertiary/aromatic N) is 1. The highest BCUT2D eigenvalue weighted by Crippen LogP contribution is 2.23. The Morgan fingerprint density at radius 2 is 2.19 bits per heavy atom. The number of carbonyl (C=O) groups excluding carboxylic acids is 1. The Morgan fingerprint density at radius 1 is 1.33 bits per heavy atom. The maximum absolute atomic E-state index is 12.1. The second-order valence-electron chi connectivity index (χ2n) is 5.84. The molecular weight excluding hydrogens is 266 g/mol. The Bertz CT molecular complexity index is 463. The summed E-state index contributed by atoms with van der Waals surface area (Å²) in [5.74, 6) is 0.463. The van der Waals surface area contributed by atoms with Crippen molar-refractivity contribution in [1.29, 1.82) is 0 Å². The zero-order chi connectivity index (χ0) is 14.5. The van der Waals surface area contributed by atoms with Crippen LogP contribution >= 0.6 is 0 Å². The number of hydrogen-bond donors (Lipinski definition) is 2. The van der Waals surface area contributed by atoms with Crippen LogP contribution in [0, 0.1) is 0 Å². The van der Waals surface area contributed by atoms with E-state index >= 15 is 0 Å². The summed E-state index contributed by atoms with van der Waals surface area (Å²) in [6.45, 7) is 3.51. The molecule has 1 amide bonds. The van der Waals surface area contributed by atoms with Gasteiger partial charge in [-0.25, -0.2) is 0 Å². The standard InChI is InChI=1S/C16H23N3O2/c20-16(19-11-14-2-1-9-21-14)13-3-4-15(18-10-13)12-5-7-17-8-6-12/h3-4,10,12,14,17H,1-2,5-9,11H2,(H,19,20)/t14-/m1/s1. The monoisotopic (exact) mass is 289 g/mol. The molecule has 0 radical (unpaired) electrons. The fraction of sp³-hybridized carbons (Fsp3) is 0.625. The van der Waals surface area contributed by atoms with Crippen LogP contribution in [0.3, 0.4) is 0 Å². The van der Waals surface area contributed by atoms with Gasteiger partial charge in [-0.1, -0.05) is 0 Å². The van der Waals surface area contributed by atoms with Gasteiger partial charge in [0.2, 0.25) is 0 Å². The van der Waals surface area contributed by atoms with E-state index in [1.165, 1.54) is 0 Å². The highest BCUT2D eigenvalue weighted by Gasteiger charge is 2.18. The molecular formula is C16H23N3O2. The minimum absolute atomic E-state index is 0.0603. The number of aromatic nitrogens is 1. The van der Waals surface area contributed by atoms with Gasteiger partial charge < -0.3 is 15.4 Å². The lowest BCUT2D eigenvalue weighted by Crippen LogP contribution is -2.32. The third-order valence-electron chi connectivity index (χ3n) is 4.32. The molecule has 5 nitrogen and oxygen atoms in total. The van der Waals surface area contributed by atoms with Crippen LogP contribution in [-0.4, -0.2) is 43.2 Å². The van der Waals surface area contributed by atoms with Crippen LogP contribution in [0.5, 0.6) is 0 Å². The van der Waals surface area contributed by atoms with Gasteiger partial charge in [0, 0.05) is 31.0 Å². The summed E-state index contributed by atoms with van der Waals surface area (Å²) in [7, 11) is 0. The van der Waals surface area contributed by atoms with Gasteiger partial charge in [-0.15, -0.1) is 0 Å². The molecule has 21 heavy (non-hydrogen) atoms. The van der Waals surface area contributed by atoms with Crippen LogP contribution in [0.4, 0.5) is 0 Å². The smallest absolute Gasteiger partial charge is 0.252 e. The Morgan fingerprint density at radius 3 is 2.86 bits per heavy atom. The maximum atomic E-state index is 12.1. The van der Waals surface area contributed by atoms with E-state index in [-0.39, 0.29) is 12.0 Å². The summed E-state index contributed by atoms with van der Waals surface area (Å²) in [5, 5.41) is 6.28. The van der Waals surface area contributed by atoms with E-state index in [0.717, 1.165) is 51.1 Å². The summed E-state index contributed by atoms with van der Waals surface area (Å²) >= 11 is 0. The first-order chi connectivity index (χ1) is 10.3. The summed E-state index contributed by atoms with van der Waals surface area (Å²) in [4.78, 5) is 16.6. The number of ether oxygens (including phenoxy) is 1. The fourth-order valence-corrected chi connectivity index (χ4v) is 3.01. The minimum Gasteiger partial charge on any atom is -0.376 e. The van der Waals surface area contributed by atoms with Crippen molar-refractivity contribution in [3.8, 4) is 0 Å². The largest absolute Gasteiger partial charge is 0.376 e. The van der Waals surface area contributed by atoms with Gasteiger partial charge in [-0.2, -0.15) is 0 Å². The molecule has 3 rings (SSSR count). The Labute approximate surface area is 125 Å². The predicted molar refractivity (Wildman–Crippen MR) is 80.4 cm³/mol. The second-order valence-corrected chi connectivity index (χ2v) is 5.84. The molecule has 2 saturated heterocycles. The average molecular weight is 289 g/mol. The molecule has 0 spiro atoms. The number of pyridine rings is 1. The zero-order valence-electron chi connectivity index (χ0n) is 12.3. The van der Waals surface area contributed by atoms with Crippen LogP contribution in [0.15, 0.2) is 18.3 Å². The Hall–Kier alpha value is -1.46. The lowest BCUT2D eigenvalue weighted by atomic mass is 9.94. The van der Waals surface area contributed by atoms with E-state index in [1.54, 1.807) is 6.20 Å². The molecule has 1 aromatic heterocycles. The molecule has 114 valence electrons. The highest BCUT2D eigenvalue weighted by atomic mass is 16.5. The normalized spacial score (nSPS) is 23.1. The molecule has 2 aliphatic heterocycles. The van der Waals surface area contributed by atoms with Crippen LogP contribution in [0.25, 0.3) is 0 Å². The summed E-state index contributed by atoms with van der Waals surface area (Å²) in [6, 6.07) is 3.88. The molecule has 2 aliphatic rings. The van der Waals surface area contributed by atoms with Crippen LogP contribution < -0.4 is 10.6 Å². The van der Waals surface area contributed by atoms with Gasteiger partial charge in [0.1, 0.15) is 0 Å². The topological polar surface area (TPSA) is 63.2 Å². The van der Waals surface area contributed by atoms with Crippen molar-refractivity contribution < 1.29 is 9.53 Å². The lowest BCUT2D eigenvalue weighted by Gasteiger charge is -2.22. The van der Waals surface area contributed by atoms with Crippen LogP contribution in [0.2, 0.25) is 0 Å². The minimum atomic E-state index is -0.0603. The van der Waals surface area contributed by atoms with E-state index < -0.39 is 0 Å². The van der Waals surface area contributed by atoms with Gasteiger partial charge >= 0.3 is 0 Å². The third-order valence-corrected chi connectivity index (χ3v) is 4.32. The maximum Gasteiger partial charge on any atom is 0.252 e. The fourth-order valence-electron chi connectivity index (χ4n) is 3.01. The number of carbonyl (C=O) groups is 1. The molecule has 0 saturated carbocycles. The molecule has 3 heterocycles. The van der Waals surface area contributed by atoms with E-state index in [2.05, 4.69) is 15.6 Å². The molecule has 1 aromatic rings. The van der Waals surface area contributed by atoms with Gasteiger partial charge in [0.05, 0.1) is 11.7 Å².